The lowest BCUT2D eigenvalue weighted by Gasteiger charge is -2.25. The van der Waals surface area contributed by atoms with Gasteiger partial charge in [0.25, 0.3) is 11.5 Å². The van der Waals surface area contributed by atoms with Crippen LogP contribution in [-0.4, -0.2) is 33.4 Å². The third-order valence-electron chi connectivity index (χ3n) is 5.23. The van der Waals surface area contributed by atoms with Crippen molar-refractivity contribution in [1.29, 1.82) is 0 Å². The lowest BCUT2D eigenvalue weighted by atomic mass is 10.0. The maximum Gasteiger partial charge on any atom is 0.259 e. The molecule has 0 unspecified atom stereocenters. The number of nitrogens with one attached hydrogen (secondary N) is 2. The van der Waals surface area contributed by atoms with E-state index in [4.69, 9.17) is 12.2 Å². The van der Waals surface area contributed by atoms with Gasteiger partial charge in [-0.25, -0.2) is 0 Å². The molecule has 1 saturated heterocycles. The van der Waals surface area contributed by atoms with Gasteiger partial charge in [0.2, 0.25) is 0 Å². The van der Waals surface area contributed by atoms with E-state index in [1.165, 1.54) is 5.56 Å². The number of carbonyl (C=O) groups excluding carboxylic acids is 1. The van der Waals surface area contributed by atoms with Gasteiger partial charge in [-0.3, -0.25) is 14.6 Å². The van der Waals surface area contributed by atoms with E-state index in [2.05, 4.69) is 22.1 Å². The second kappa shape index (κ2) is 7.48. The van der Waals surface area contributed by atoms with Crippen LogP contribution in [0.2, 0.25) is 0 Å². The fourth-order valence-corrected chi connectivity index (χ4v) is 4.05. The molecule has 0 saturated carbocycles. The molecule has 2 aromatic carbocycles. The molecule has 6 heteroatoms. The SMILES string of the molecule is O=C(c1ccc2c(=O)[nH]c(=S)[nH]c2c1)N1CCC[C@H]1CCc1ccccc1. The van der Waals surface area contributed by atoms with Crippen molar-refractivity contribution in [3.63, 3.8) is 0 Å². The summed E-state index contributed by atoms with van der Waals surface area (Å²) in [6.45, 7) is 0.779. The summed E-state index contributed by atoms with van der Waals surface area (Å²) in [6.07, 6.45) is 4.00. The van der Waals surface area contributed by atoms with Crippen LogP contribution in [0.25, 0.3) is 10.9 Å². The number of nitrogens with zero attached hydrogens (tertiary/aromatic N) is 1. The summed E-state index contributed by atoms with van der Waals surface area (Å²) in [4.78, 5) is 32.6. The fraction of sp³-hybridized carbons (Fsp3) is 0.286. The highest BCUT2D eigenvalue weighted by molar-refractivity contribution is 7.71. The normalized spacial score (nSPS) is 16.7. The predicted octanol–water partition coefficient (Wildman–Crippen LogP) is 3.82. The molecule has 1 fully saturated rings. The number of carbonyl (C=O) groups is 1. The van der Waals surface area contributed by atoms with Crippen LogP contribution in [0.3, 0.4) is 0 Å². The molecule has 0 aliphatic carbocycles. The second-order valence-electron chi connectivity index (χ2n) is 6.99. The van der Waals surface area contributed by atoms with Crippen molar-refractivity contribution in [3.05, 3.63) is 74.8 Å². The minimum atomic E-state index is -0.241. The van der Waals surface area contributed by atoms with Crippen molar-refractivity contribution in [2.75, 3.05) is 6.54 Å². The van der Waals surface area contributed by atoms with Crippen LogP contribution in [-0.2, 0) is 6.42 Å². The van der Waals surface area contributed by atoms with Gasteiger partial charge in [-0.05, 0) is 61.7 Å². The molecule has 4 rings (SSSR count). The average molecular weight is 379 g/mol. The van der Waals surface area contributed by atoms with Crippen molar-refractivity contribution >= 4 is 29.0 Å². The summed E-state index contributed by atoms with van der Waals surface area (Å²) in [5, 5.41) is 0.502. The predicted molar refractivity (Wildman–Crippen MR) is 109 cm³/mol. The average Bonchev–Trinajstić information content (AvgIpc) is 3.14. The molecular weight excluding hydrogens is 358 g/mol. The first-order valence-electron chi connectivity index (χ1n) is 9.23. The van der Waals surface area contributed by atoms with Crippen LogP contribution in [0.15, 0.2) is 53.3 Å². The molecule has 0 bridgehead atoms. The van der Waals surface area contributed by atoms with Gasteiger partial charge in [0.1, 0.15) is 0 Å². The van der Waals surface area contributed by atoms with E-state index in [0.29, 0.717) is 16.5 Å². The highest BCUT2D eigenvalue weighted by Crippen LogP contribution is 2.24. The van der Waals surface area contributed by atoms with E-state index in [9.17, 15) is 9.59 Å². The zero-order valence-electron chi connectivity index (χ0n) is 14.9. The molecule has 1 aliphatic heterocycles. The van der Waals surface area contributed by atoms with Crippen LogP contribution < -0.4 is 5.56 Å². The number of fused-ring (bicyclic) bond motifs is 1. The number of H-pyrrole nitrogens is 2. The Hall–Kier alpha value is -2.73. The van der Waals surface area contributed by atoms with Gasteiger partial charge >= 0.3 is 0 Å². The Labute approximate surface area is 162 Å². The highest BCUT2D eigenvalue weighted by atomic mass is 32.1. The van der Waals surface area contributed by atoms with E-state index >= 15 is 0 Å². The topological polar surface area (TPSA) is 69.0 Å². The first-order valence-corrected chi connectivity index (χ1v) is 9.64. The molecule has 1 aromatic heterocycles. The van der Waals surface area contributed by atoms with Crippen molar-refractivity contribution in [2.24, 2.45) is 0 Å². The Morgan fingerprint density at radius 3 is 2.78 bits per heavy atom. The maximum atomic E-state index is 13.1. The molecule has 2 N–H and O–H groups in total. The van der Waals surface area contributed by atoms with E-state index in [-0.39, 0.29) is 22.3 Å². The van der Waals surface area contributed by atoms with Gasteiger partial charge in [0, 0.05) is 18.2 Å². The number of hydrogen-bond acceptors (Lipinski definition) is 3. The van der Waals surface area contributed by atoms with Gasteiger partial charge in [-0.15, -0.1) is 0 Å². The number of benzene rings is 2. The summed E-state index contributed by atoms with van der Waals surface area (Å²) < 4.78 is 0.263. The number of aromatic amines is 2. The quantitative estimate of drug-likeness (QED) is 0.677. The van der Waals surface area contributed by atoms with Crippen LogP contribution in [0.1, 0.15) is 35.2 Å². The molecule has 1 amide bonds. The monoisotopic (exact) mass is 379 g/mol. The number of aromatic nitrogens is 2. The van der Waals surface area contributed by atoms with Crippen LogP contribution in [0, 0.1) is 4.77 Å². The fourth-order valence-electron chi connectivity index (χ4n) is 3.85. The van der Waals surface area contributed by atoms with E-state index in [0.717, 1.165) is 32.2 Å². The molecule has 3 aromatic rings. The number of aryl methyl sites for hydroxylation is 1. The summed E-state index contributed by atoms with van der Waals surface area (Å²) in [5.74, 6) is 0.0204. The minimum absolute atomic E-state index is 0.0204. The van der Waals surface area contributed by atoms with Gasteiger partial charge < -0.3 is 9.88 Å². The summed E-state index contributed by atoms with van der Waals surface area (Å²) in [7, 11) is 0. The van der Waals surface area contributed by atoms with Crippen molar-refractivity contribution in [2.45, 2.75) is 31.7 Å². The molecule has 0 radical (unpaired) electrons. The van der Waals surface area contributed by atoms with Crippen molar-refractivity contribution in [3.8, 4) is 0 Å². The summed E-state index contributed by atoms with van der Waals surface area (Å²) >= 11 is 5.04. The molecule has 5 nitrogen and oxygen atoms in total. The third-order valence-corrected chi connectivity index (χ3v) is 5.44. The van der Waals surface area contributed by atoms with E-state index < -0.39 is 0 Å². The smallest absolute Gasteiger partial charge is 0.259 e. The largest absolute Gasteiger partial charge is 0.336 e. The standard InChI is InChI=1S/C21H21N3O2S/c25-19-17-11-9-15(13-18(17)22-21(27)23-19)20(26)24-12-4-7-16(24)10-8-14-5-2-1-3-6-14/h1-3,5-6,9,11,13,16H,4,7-8,10,12H2,(H2,22,23,25,27)/t16-/m0/s1. The van der Waals surface area contributed by atoms with Crippen LogP contribution in [0.4, 0.5) is 0 Å². The maximum absolute atomic E-state index is 13.1. The Morgan fingerprint density at radius 1 is 1.15 bits per heavy atom. The van der Waals surface area contributed by atoms with Gasteiger partial charge in [0.15, 0.2) is 4.77 Å². The molecule has 0 spiro atoms. The molecule has 1 atom stereocenters. The Bertz CT molecular complexity index is 1090. The second-order valence-corrected chi connectivity index (χ2v) is 7.40. The zero-order chi connectivity index (χ0) is 18.8. The summed E-state index contributed by atoms with van der Waals surface area (Å²) in [6, 6.07) is 15.8. The van der Waals surface area contributed by atoms with E-state index in [1.807, 2.05) is 23.1 Å². The Morgan fingerprint density at radius 2 is 1.96 bits per heavy atom. The van der Waals surface area contributed by atoms with Gasteiger partial charge in [0.05, 0.1) is 10.9 Å². The van der Waals surface area contributed by atoms with Crippen LogP contribution >= 0.6 is 12.2 Å². The number of rotatable bonds is 4. The first kappa shape index (κ1) is 17.7. The Kier molecular flexibility index (Phi) is 4.90. The summed E-state index contributed by atoms with van der Waals surface area (Å²) in [5.41, 5.74) is 2.24. The Balaban J connectivity index is 1.55. The third kappa shape index (κ3) is 3.71. The first-order chi connectivity index (χ1) is 13.1. The molecule has 2 heterocycles. The van der Waals surface area contributed by atoms with Crippen molar-refractivity contribution in [1.82, 2.24) is 14.9 Å². The molecule has 1 aliphatic rings. The number of amides is 1. The number of hydrogen-bond donors (Lipinski definition) is 2. The van der Waals surface area contributed by atoms with Gasteiger partial charge in [-0.1, -0.05) is 30.3 Å². The van der Waals surface area contributed by atoms with Crippen molar-refractivity contribution < 1.29 is 4.79 Å². The van der Waals surface area contributed by atoms with E-state index in [1.54, 1.807) is 18.2 Å². The molecule has 27 heavy (non-hydrogen) atoms. The minimum Gasteiger partial charge on any atom is -0.336 e. The highest BCUT2D eigenvalue weighted by Gasteiger charge is 2.29. The van der Waals surface area contributed by atoms with Gasteiger partial charge in [-0.2, -0.15) is 0 Å². The zero-order valence-corrected chi connectivity index (χ0v) is 15.7. The van der Waals surface area contributed by atoms with Crippen LogP contribution in [0.5, 0.6) is 0 Å². The lowest BCUT2D eigenvalue weighted by molar-refractivity contribution is 0.0731. The lowest BCUT2D eigenvalue weighted by Crippen LogP contribution is -2.35. The molecule has 138 valence electrons. The number of likely N-dealkylation sites (tertiary alicyclic amines) is 1. The molecular formula is C21H21N3O2S.